The van der Waals surface area contributed by atoms with Crippen molar-refractivity contribution in [2.75, 3.05) is 40.6 Å². The Labute approximate surface area is 255 Å². The molecule has 0 amide bonds. The largest absolute Gasteiger partial charge is 0.480 e. The van der Waals surface area contributed by atoms with Gasteiger partial charge in [-0.05, 0) is 48.5 Å². The van der Waals surface area contributed by atoms with Crippen LogP contribution < -0.4 is 18.9 Å². The molecular weight excluding hydrogens is 560 g/mol. The second-order valence-corrected chi connectivity index (χ2v) is 9.26. The van der Waals surface area contributed by atoms with E-state index in [1.807, 2.05) is 48.5 Å². The van der Waals surface area contributed by atoms with Crippen molar-refractivity contribution in [3.8, 4) is 68.9 Å². The summed E-state index contributed by atoms with van der Waals surface area (Å²) in [5.41, 5.74) is 4.19. The summed E-state index contributed by atoms with van der Waals surface area (Å²) in [6, 6.07) is 25.5. The van der Waals surface area contributed by atoms with Crippen LogP contribution in [0, 0.1) is 23.7 Å². The average Bonchev–Trinajstić information content (AvgIpc) is 3.08. The average molecular weight is 589 g/mol. The highest BCUT2D eigenvalue weighted by molar-refractivity contribution is 5.93. The highest BCUT2D eigenvalue weighted by atomic mass is 16.5. The maximum absolute atomic E-state index is 11.8. The number of rotatable bonds is 2. The maximum Gasteiger partial charge on any atom is 0.337 e. The molecule has 0 aromatic heterocycles. The number of carbonyl (C=O) groups is 2. The van der Waals surface area contributed by atoms with Crippen LogP contribution in [0.3, 0.4) is 0 Å². The topological polar surface area (TPSA) is 89.5 Å². The predicted molar refractivity (Wildman–Crippen MR) is 164 cm³/mol. The quantitative estimate of drug-likeness (QED) is 0.214. The predicted octanol–water partition coefficient (Wildman–Crippen LogP) is 5.83. The van der Waals surface area contributed by atoms with E-state index in [0.717, 1.165) is 22.3 Å². The monoisotopic (exact) mass is 588 g/mol. The number of ether oxygens (including phenoxy) is 6. The molecule has 2 aliphatic heterocycles. The first kappa shape index (κ1) is 29.6. The lowest BCUT2D eigenvalue weighted by Gasteiger charge is -2.15. The maximum atomic E-state index is 11.8. The van der Waals surface area contributed by atoms with Crippen molar-refractivity contribution in [3.05, 3.63) is 96.1 Å². The van der Waals surface area contributed by atoms with E-state index in [1.54, 1.807) is 36.4 Å². The second-order valence-electron chi connectivity index (χ2n) is 9.26. The zero-order chi connectivity index (χ0) is 30.7. The fourth-order valence-electron chi connectivity index (χ4n) is 4.51. The van der Waals surface area contributed by atoms with Crippen molar-refractivity contribution in [3.63, 3.8) is 0 Å². The van der Waals surface area contributed by atoms with Gasteiger partial charge in [0.15, 0.2) is 0 Å². The van der Waals surface area contributed by atoms with Gasteiger partial charge < -0.3 is 28.4 Å². The van der Waals surface area contributed by atoms with Gasteiger partial charge in [0.05, 0.1) is 25.3 Å². The van der Waals surface area contributed by atoms with Gasteiger partial charge in [-0.1, -0.05) is 60.1 Å². The van der Waals surface area contributed by atoms with E-state index < -0.39 is 11.9 Å². The normalized spacial score (nSPS) is 12.4. The summed E-state index contributed by atoms with van der Waals surface area (Å²) in [7, 11) is 2.72. The minimum absolute atomic E-state index is 0.274. The summed E-state index contributed by atoms with van der Waals surface area (Å²) < 4.78 is 32.4. The Morgan fingerprint density at radius 2 is 0.841 bits per heavy atom. The molecule has 0 N–H and O–H groups in total. The molecule has 0 saturated heterocycles. The molecule has 6 rings (SSSR count). The van der Waals surface area contributed by atoms with Crippen LogP contribution in [-0.2, 0) is 9.47 Å². The van der Waals surface area contributed by atoms with E-state index in [9.17, 15) is 9.59 Å². The second kappa shape index (κ2) is 14.4. The molecule has 4 aromatic carbocycles. The lowest BCUT2D eigenvalue weighted by atomic mass is 10.0. The summed E-state index contributed by atoms with van der Waals surface area (Å²) >= 11 is 0. The molecule has 0 unspecified atom stereocenters. The minimum atomic E-state index is -0.391. The Kier molecular flexibility index (Phi) is 9.66. The molecule has 0 spiro atoms. The van der Waals surface area contributed by atoms with Crippen molar-refractivity contribution in [1.29, 1.82) is 0 Å². The lowest BCUT2D eigenvalue weighted by molar-refractivity contribution is 0.0592. The summed E-state index contributed by atoms with van der Waals surface area (Å²) in [6.07, 6.45) is 0. The van der Waals surface area contributed by atoms with Gasteiger partial charge in [-0.25, -0.2) is 9.59 Å². The Bertz CT molecular complexity index is 1670. The van der Waals surface area contributed by atoms with E-state index in [2.05, 4.69) is 23.7 Å². The van der Waals surface area contributed by atoms with Crippen molar-refractivity contribution in [2.24, 2.45) is 0 Å². The molecule has 0 saturated carbocycles. The van der Waals surface area contributed by atoms with Crippen LogP contribution in [0.15, 0.2) is 84.9 Å². The van der Waals surface area contributed by atoms with Crippen LogP contribution in [-0.4, -0.2) is 52.6 Å². The molecule has 0 fully saturated rings. The third-order valence-electron chi connectivity index (χ3n) is 6.61. The molecule has 2 aliphatic rings. The van der Waals surface area contributed by atoms with Crippen LogP contribution in [0.4, 0.5) is 0 Å². The molecule has 0 radical (unpaired) electrons. The van der Waals surface area contributed by atoms with Gasteiger partial charge in [0, 0.05) is 22.3 Å². The first-order valence-electron chi connectivity index (χ1n) is 13.6. The van der Waals surface area contributed by atoms with Crippen LogP contribution in [0.1, 0.15) is 20.7 Å². The molecule has 0 atom stereocenters. The van der Waals surface area contributed by atoms with Crippen LogP contribution in [0.5, 0.6) is 23.0 Å². The van der Waals surface area contributed by atoms with Crippen molar-refractivity contribution >= 4 is 11.9 Å². The molecule has 0 bridgehead atoms. The van der Waals surface area contributed by atoms with Gasteiger partial charge in [0.1, 0.15) is 49.4 Å². The summed E-state index contributed by atoms with van der Waals surface area (Å²) in [6.45, 7) is 1.14. The number of fused-ring (bicyclic) bond motifs is 6. The first-order valence-corrected chi connectivity index (χ1v) is 13.6. The zero-order valence-electron chi connectivity index (χ0n) is 24.2. The molecule has 4 aromatic rings. The highest BCUT2D eigenvalue weighted by Gasteiger charge is 2.17. The highest BCUT2D eigenvalue weighted by Crippen LogP contribution is 2.38. The number of benzene rings is 4. The molecule has 44 heavy (non-hydrogen) atoms. The van der Waals surface area contributed by atoms with Gasteiger partial charge in [0.25, 0.3) is 0 Å². The summed E-state index contributed by atoms with van der Waals surface area (Å²) in [5.74, 6) is 13.5. The third kappa shape index (κ3) is 6.95. The third-order valence-corrected chi connectivity index (χ3v) is 6.61. The Hall–Kier alpha value is -5.86. The standard InChI is InChI=1S/2C18H14O4/c2*1-20-18(19)13-8-9-17-15(12-13)14-6-2-3-7-16(14)21-10-4-5-11-22-17/h2*2-3,6-9,12H,10-11H2,1H3. The van der Waals surface area contributed by atoms with E-state index in [1.165, 1.54) is 14.2 Å². The lowest BCUT2D eigenvalue weighted by Crippen LogP contribution is -2.05. The van der Waals surface area contributed by atoms with Gasteiger partial charge in [-0.2, -0.15) is 0 Å². The molecule has 0 aliphatic carbocycles. The fourth-order valence-corrected chi connectivity index (χ4v) is 4.51. The Balaban J connectivity index is 0.000000175. The van der Waals surface area contributed by atoms with E-state index in [0.29, 0.717) is 47.3 Å². The van der Waals surface area contributed by atoms with E-state index in [4.69, 9.17) is 28.4 Å². The number of methoxy groups -OCH3 is 2. The van der Waals surface area contributed by atoms with Gasteiger partial charge in [-0.3, -0.25) is 0 Å². The van der Waals surface area contributed by atoms with Crippen LogP contribution >= 0.6 is 0 Å². The van der Waals surface area contributed by atoms with Crippen molar-refractivity contribution < 1.29 is 38.0 Å². The molecule has 220 valence electrons. The number of para-hydroxylation sites is 2. The number of hydrogen-bond acceptors (Lipinski definition) is 8. The number of esters is 2. The van der Waals surface area contributed by atoms with E-state index >= 15 is 0 Å². The fraction of sp³-hybridized carbons (Fsp3) is 0.167. The smallest absolute Gasteiger partial charge is 0.337 e. The zero-order valence-corrected chi connectivity index (χ0v) is 24.2. The molecular formula is C36H28O8. The van der Waals surface area contributed by atoms with Gasteiger partial charge >= 0.3 is 11.9 Å². The van der Waals surface area contributed by atoms with Crippen molar-refractivity contribution in [2.45, 2.75) is 0 Å². The Morgan fingerprint density at radius 1 is 0.500 bits per heavy atom. The molecule has 8 nitrogen and oxygen atoms in total. The minimum Gasteiger partial charge on any atom is -0.480 e. The Morgan fingerprint density at radius 3 is 1.20 bits per heavy atom. The van der Waals surface area contributed by atoms with E-state index in [-0.39, 0.29) is 13.2 Å². The van der Waals surface area contributed by atoms with Crippen LogP contribution in [0.25, 0.3) is 22.3 Å². The van der Waals surface area contributed by atoms with Gasteiger partial charge in [-0.15, -0.1) is 0 Å². The molecule has 2 heterocycles. The van der Waals surface area contributed by atoms with Gasteiger partial charge in [0.2, 0.25) is 0 Å². The van der Waals surface area contributed by atoms with Crippen LogP contribution in [0.2, 0.25) is 0 Å². The first-order chi connectivity index (χ1) is 21.6. The summed E-state index contributed by atoms with van der Waals surface area (Å²) in [4.78, 5) is 23.5. The SMILES string of the molecule is COC(=O)c1ccc2c(c1)-c1ccccc1OCC#CCO2.COC(=O)c1ccc2c(c1)-c1ccccc1OCC#CCO2. The summed E-state index contributed by atoms with van der Waals surface area (Å²) in [5, 5.41) is 0. The number of hydrogen-bond donors (Lipinski definition) is 0. The number of carbonyl (C=O) groups excluding carboxylic acids is 2. The van der Waals surface area contributed by atoms with Crippen molar-refractivity contribution in [1.82, 2.24) is 0 Å². The molecule has 8 heteroatoms.